The zero-order chi connectivity index (χ0) is 26.2. The van der Waals surface area contributed by atoms with Crippen LogP contribution in [0.2, 0.25) is 0 Å². The van der Waals surface area contributed by atoms with E-state index in [9.17, 15) is 27.2 Å². The SMILES string of the molecule is CCOC(=O)c1nc2cc(C)c(C)cc2nc1N1CCN(C(=O)c2ccc(F)cc2C(F)(F)F)CC1. The van der Waals surface area contributed by atoms with E-state index in [1.165, 1.54) is 4.90 Å². The second-order valence-electron chi connectivity index (χ2n) is 8.51. The van der Waals surface area contributed by atoms with Crippen LogP contribution in [-0.2, 0) is 10.9 Å². The van der Waals surface area contributed by atoms with Crippen LogP contribution in [0.25, 0.3) is 11.0 Å². The summed E-state index contributed by atoms with van der Waals surface area (Å²) in [5.41, 5.74) is 1.22. The van der Waals surface area contributed by atoms with Crippen LogP contribution in [0.15, 0.2) is 30.3 Å². The van der Waals surface area contributed by atoms with Gasteiger partial charge in [-0.1, -0.05) is 0 Å². The standard InChI is InChI=1S/C25H24F4N4O3/c1-4-36-24(35)21-22(31-20-12-15(3)14(2)11-19(20)30-21)32-7-9-33(10-8-32)23(34)17-6-5-16(26)13-18(17)25(27,28)29/h5-6,11-13H,4,7-10H2,1-3H3. The molecule has 36 heavy (non-hydrogen) atoms. The number of anilines is 1. The molecule has 0 unspecified atom stereocenters. The van der Waals surface area contributed by atoms with E-state index in [-0.39, 0.29) is 44.3 Å². The number of halogens is 4. The highest BCUT2D eigenvalue weighted by atomic mass is 19.4. The molecule has 1 fully saturated rings. The third-order valence-electron chi connectivity index (χ3n) is 6.11. The van der Waals surface area contributed by atoms with Crippen LogP contribution < -0.4 is 4.90 Å². The molecule has 1 aliphatic rings. The smallest absolute Gasteiger partial charge is 0.417 e. The molecule has 0 saturated carbocycles. The fourth-order valence-corrected chi connectivity index (χ4v) is 4.09. The minimum Gasteiger partial charge on any atom is -0.461 e. The second kappa shape index (κ2) is 9.71. The summed E-state index contributed by atoms with van der Waals surface area (Å²) in [5.74, 6) is -2.27. The third-order valence-corrected chi connectivity index (χ3v) is 6.11. The first-order chi connectivity index (χ1) is 17.0. The Labute approximate surface area is 204 Å². The van der Waals surface area contributed by atoms with Gasteiger partial charge in [0.25, 0.3) is 5.91 Å². The lowest BCUT2D eigenvalue weighted by Crippen LogP contribution is -2.49. The molecule has 4 rings (SSSR count). The van der Waals surface area contributed by atoms with Crippen LogP contribution in [0, 0.1) is 19.7 Å². The van der Waals surface area contributed by atoms with Gasteiger partial charge in [0.05, 0.1) is 28.8 Å². The van der Waals surface area contributed by atoms with Crippen molar-refractivity contribution in [1.29, 1.82) is 0 Å². The van der Waals surface area contributed by atoms with Crippen molar-refractivity contribution >= 4 is 28.7 Å². The number of carbonyl (C=O) groups is 2. The molecule has 2 heterocycles. The summed E-state index contributed by atoms with van der Waals surface area (Å²) in [6.45, 7) is 6.23. The second-order valence-corrected chi connectivity index (χ2v) is 8.51. The molecule has 1 aliphatic heterocycles. The summed E-state index contributed by atoms with van der Waals surface area (Å²) in [7, 11) is 0. The van der Waals surface area contributed by atoms with Crippen molar-refractivity contribution in [1.82, 2.24) is 14.9 Å². The maximum absolute atomic E-state index is 13.5. The number of ether oxygens (including phenoxy) is 1. The number of aromatic nitrogens is 2. The predicted octanol–water partition coefficient (Wildman–Crippen LogP) is 4.54. The number of nitrogens with zero attached hydrogens (tertiary/aromatic N) is 4. The lowest BCUT2D eigenvalue weighted by molar-refractivity contribution is -0.138. The predicted molar refractivity (Wildman–Crippen MR) is 124 cm³/mol. The van der Waals surface area contributed by atoms with E-state index in [0.29, 0.717) is 17.1 Å². The Balaban J connectivity index is 1.62. The molecular weight excluding hydrogens is 480 g/mol. The number of carbonyl (C=O) groups excluding carboxylic acids is 2. The monoisotopic (exact) mass is 504 g/mol. The van der Waals surface area contributed by atoms with Gasteiger partial charge >= 0.3 is 12.1 Å². The fraction of sp³-hybridized carbons (Fsp3) is 0.360. The van der Waals surface area contributed by atoms with Crippen molar-refractivity contribution in [3.63, 3.8) is 0 Å². The highest BCUT2D eigenvalue weighted by molar-refractivity contribution is 5.97. The Bertz CT molecular complexity index is 1340. The Morgan fingerprint density at radius 3 is 2.17 bits per heavy atom. The van der Waals surface area contributed by atoms with Gasteiger partial charge in [-0.15, -0.1) is 0 Å². The van der Waals surface area contributed by atoms with Crippen molar-refractivity contribution in [3.05, 3.63) is 64.1 Å². The summed E-state index contributed by atoms with van der Waals surface area (Å²) in [5, 5.41) is 0. The number of aryl methyl sites for hydroxylation is 2. The molecule has 7 nitrogen and oxygen atoms in total. The molecule has 0 bridgehead atoms. The molecule has 0 radical (unpaired) electrons. The van der Waals surface area contributed by atoms with Crippen LogP contribution >= 0.6 is 0 Å². The molecular formula is C25H24F4N4O3. The first kappa shape index (κ1) is 25.3. The normalized spacial score (nSPS) is 14.3. The lowest BCUT2D eigenvalue weighted by atomic mass is 10.0. The molecule has 0 spiro atoms. The Hall–Kier alpha value is -3.76. The van der Waals surface area contributed by atoms with Crippen LogP contribution in [0.4, 0.5) is 23.4 Å². The van der Waals surface area contributed by atoms with E-state index in [4.69, 9.17) is 4.74 Å². The Morgan fingerprint density at radius 2 is 1.58 bits per heavy atom. The summed E-state index contributed by atoms with van der Waals surface area (Å²) in [6, 6.07) is 5.71. The van der Waals surface area contributed by atoms with E-state index in [0.717, 1.165) is 23.3 Å². The molecule has 1 amide bonds. The van der Waals surface area contributed by atoms with E-state index < -0.39 is 35.0 Å². The third kappa shape index (κ3) is 4.95. The zero-order valence-corrected chi connectivity index (χ0v) is 19.9. The maximum atomic E-state index is 13.5. The highest BCUT2D eigenvalue weighted by Crippen LogP contribution is 2.33. The molecule has 1 saturated heterocycles. The molecule has 0 aliphatic carbocycles. The summed E-state index contributed by atoms with van der Waals surface area (Å²) in [6.07, 6.45) is -4.87. The lowest BCUT2D eigenvalue weighted by Gasteiger charge is -2.36. The molecule has 1 aromatic heterocycles. The van der Waals surface area contributed by atoms with Crippen LogP contribution in [-0.4, -0.2) is 59.5 Å². The van der Waals surface area contributed by atoms with Gasteiger partial charge in [-0.2, -0.15) is 13.2 Å². The minimum absolute atomic E-state index is 0.0327. The number of hydrogen-bond donors (Lipinski definition) is 0. The van der Waals surface area contributed by atoms with Gasteiger partial charge in [-0.25, -0.2) is 19.2 Å². The quantitative estimate of drug-likeness (QED) is 0.384. The van der Waals surface area contributed by atoms with Crippen LogP contribution in [0.5, 0.6) is 0 Å². The van der Waals surface area contributed by atoms with Gasteiger partial charge in [0.15, 0.2) is 11.5 Å². The topological polar surface area (TPSA) is 75.6 Å². The van der Waals surface area contributed by atoms with Gasteiger partial charge in [-0.05, 0) is 62.2 Å². The first-order valence-electron chi connectivity index (χ1n) is 11.4. The highest BCUT2D eigenvalue weighted by Gasteiger charge is 2.37. The van der Waals surface area contributed by atoms with E-state index in [1.807, 2.05) is 26.0 Å². The number of esters is 1. The van der Waals surface area contributed by atoms with Gasteiger partial charge in [0.2, 0.25) is 0 Å². The van der Waals surface area contributed by atoms with Gasteiger partial charge in [0, 0.05) is 26.2 Å². The van der Waals surface area contributed by atoms with Crippen molar-refractivity contribution < 1.29 is 31.9 Å². The molecule has 0 atom stereocenters. The molecule has 3 aromatic rings. The van der Waals surface area contributed by atoms with Gasteiger partial charge in [0.1, 0.15) is 5.82 Å². The molecule has 0 N–H and O–H groups in total. The number of amides is 1. The van der Waals surface area contributed by atoms with E-state index >= 15 is 0 Å². The van der Waals surface area contributed by atoms with Gasteiger partial charge < -0.3 is 14.5 Å². The minimum atomic E-state index is -4.87. The Morgan fingerprint density at radius 1 is 0.972 bits per heavy atom. The fourth-order valence-electron chi connectivity index (χ4n) is 4.09. The van der Waals surface area contributed by atoms with Crippen LogP contribution in [0.1, 0.15) is 44.5 Å². The van der Waals surface area contributed by atoms with E-state index in [2.05, 4.69) is 9.97 Å². The summed E-state index contributed by atoms with van der Waals surface area (Å²) in [4.78, 5) is 37.8. The number of piperazine rings is 1. The first-order valence-corrected chi connectivity index (χ1v) is 11.4. The largest absolute Gasteiger partial charge is 0.461 e. The number of fused-ring (bicyclic) bond motifs is 1. The van der Waals surface area contributed by atoms with Crippen molar-refractivity contribution in [3.8, 4) is 0 Å². The van der Waals surface area contributed by atoms with E-state index in [1.54, 1.807) is 11.8 Å². The molecule has 2 aromatic carbocycles. The number of benzene rings is 2. The summed E-state index contributed by atoms with van der Waals surface area (Å²) < 4.78 is 58.8. The average Bonchev–Trinajstić information content (AvgIpc) is 2.83. The molecule has 190 valence electrons. The Kier molecular flexibility index (Phi) is 6.83. The van der Waals surface area contributed by atoms with Crippen molar-refractivity contribution in [2.45, 2.75) is 26.9 Å². The van der Waals surface area contributed by atoms with Crippen LogP contribution in [0.3, 0.4) is 0 Å². The van der Waals surface area contributed by atoms with Gasteiger partial charge in [-0.3, -0.25) is 4.79 Å². The van der Waals surface area contributed by atoms with Crippen molar-refractivity contribution in [2.75, 3.05) is 37.7 Å². The number of rotatable bonds is 4. The maximum Gasteiger partial charge on any atom is 0.417 e. The van der Waals surface area contributed by atoms with Crippen molar-refractivity contribution in [2.24, 2.45) is 0 Å². The number of alkyl halides is 3. The molecule has 11 heteroatoms. The zero-order valence-electron chi connectivity index (χ0n) is 19.9. The average molecular weight is 504 g/mol. The number of hydrogen-bond acceptors (Lipinski definition) is 6. The summed E-state index contributed by atoms with van der Waals surface area (Å²) >= 11 is 0.